The predicted octanol–water partition coefficient (Wildman–Crippen LogP) is 3.54. The monoisotopic (exact) mass is 403 g/mol. The fraction of sp³-hybridized carbons (Fsp3) is 0.273. The summed E-state index contributed by atoms with van der Waals surface area (Å²) in [5, 5.41) is 11.7. The molecule has 0 saturated carbocycles. The van der Waals surface area contributed by atoms with Gasteiger partial charge in [0.05, 0.1) is 11.9 Å². The molecular weight excluding hydrogens is 378 g/mol. The number of hydrogen-bond donors (Lipinski definition) is 1. The van der Waals surface area contributed by atoms with Crippen molar-refractivity contribution in [3.05, 3.63) is 60.2 Å². The van der Waals surface area contributed by atoms with E-state index in [1.54, 1.807) is 27.7 Å². The summed E-state index contributed by atoms with van der Waals surface area (Å²) < 4.78 is 3.49. The van der Waals surface area contributed by atoms with Gasteiger partial charge in [0, 0.05) is 55.0 Å². The van der Waals surface area contributed by atoms with Crippen molar-refractivity contribution >= 4 is 22.9 Å². The normalized spacial score (nSPS) is 11.1. The molecule has 0 aliphatic heterocycles. The smallest absolute Gasteiger partial charge is 0.276 e. The van der Waals surface area contributed by atoms with E-state index < -0.39 is 0 Å². The SMILES string of the molecule is CCN(CC)c1ccc(NC(=O)c2cc3nccc(-c4cnn(C)c4C)n3n2)cc1. The lowest BCUT2D eigenvalue weighted by Gasteiger charge is -2.21. The van der Waals surface area contributed by atoms with Crippen LogP contribution in [0.2, 0.25) is 0 Å². The number of fused-ring (bicyclic) bond motifs is 1. The zero-order valence-electron chi connectivity index (χ0n) is 17.6. The summed E-state index contributed by atoms with van der Waals surface area (Å²) in [5.41, 5.74) is 5.58. The average molecular weight is 403 g/mol. The van der Waals surface area contributed by atoms with Crippen molar-refractivity contribution in [2.45, 2.75) is 20.8 Å². The van der Waals surface area contributed by atoms with E-state index in [0.29, 0.717) is 11.3 Å². The molecular formula is C22H25N7O. The number of carbonyl (C=O) groups is 1. The van der Waals surface area contributed by atoms with Gasteiger partial charge in [-0.2, -0.15) is 10.2 Å². The molecule has 4 aromatic rings. The van der Waals surface area contributed by atoms with Crippen LogP contribution in [0.4, 0.5) is 11.4 Å². The van der Waals surface area contributed by atoms with Gasteiger partial charge in [0.15, 0.2) is 11.3 Å². The minimum atomic E-state index is -0.273. The highest BCUT2D eigenvalue weighted by Crippen LogP contribution is 2.23. The van der Waals surface area contributed by atoms with Crippen LogP contribution in [-0.4, -0.2) is 43.4 Å². The molecule has 0 fully saturated rings. The van der Waals surface area contributed by atoms with E-state index in [-0.39, 0.29) is 5.91 Å². The number of benzene rings is 1. The number of hydrogen-bond acceptors (Lipinski definition) is 5. The molecule has 0 atom stereocenters. The van der Waals surface area contributed by atoms with Crippen LogP contribution >= 0.6 is 0 Å². The number of anilines is 2. The molecule has 30 heavy (non-hydrogen) atoms. The van der Waals surface area contributed by atoms with Gasteiger partial charge >= 0.3 is 0 Å². The highest BCUT2D eigenvalue weighted by molar-refractivity contribution is 6.03. The Bertz CT molecular complexity index is 1190. The summed E-state index contributed by atoms with van der Waals surface area (Å²) in [4.78, 5) is 19.4. The zero-order chi connectivity index (χ0) is 21.3. The van der Waals surface area contributed by atoms with E-state index in [2.05, 4.69) is 39.2 Å². The number of aryl methyl sites for hydroxylation is 1. The molecule has 0 aliphatic carbocycles. The molecule has 8 nitrogen and oxygen atoms in total. The van der Waals surface area contributed by atoms with Gasteiger partial charge in [-0.05, 0) is 51.1 Å². The first kappa shape index (κ1) is 19.6. The Morgan fingerprint density at radius 2 is 1.87 bits per heavy atom. The molecule has 0 spiro atoms. The fourth-order valence-corrected chi connectivity index (χ4v) is 3.50. The summed E-state index contributed by atoms with van der Waals surface area (Å²) in [7, 11) is 1.89. The summed E-state index contributed by atoms with van der Waals surface area (Å²) in [6.07, 6.45) is 3.51. The summed E-state index contributed by atoms with van der Waals surface area (Å²) >= 11 is 0. The average Bonchev–Trinajstić information content (AvgIpc) is 3.34. The Morgan fingerprint density at radius 1 is 1.13 bits per heavy atom. The number of carbonyl (C=O) groups excluding carboxylic acids is 1. The first-order chi connectivity index (χ1) is 14.5. The van der Waals surface area contributed by atoms with Gasteiger partial charge in [-0.15, -0.1) is 0 Å². The third kappa shape index (κ3) is 3.52. The molecule has 4 rings (SSSR count). The maximum absolute atomic E-state index is 12.8. The van der Waals surface area contributed by atoms with Crippen molar-refractivity contribution in [3.63, 3.8) is 0 Å². The quantitative estimate of drug-likeness (QED) is 0.533. The third-order valence-electron chi connectivity index (χ3n) is 5.36. The molecule has 1 amide bonds. The van der Waals surface area contributed by atoms with Gasteiger partial charge in [-0.1, -0.05) is 0 Å². The first-order valence-electron chi connectivity index (χ1n) is 10.0. The predicted molar refractivity (Wildman–Crippen MR) is 118 cm³/mol. The Labute approximate surface area is 175 Å². The molecule has 0 saturated heterocycles. The molecule has 0 radical (unpaired) electrons. The molecule has 3 heterocycles. The number of nitrogens with zero attached hydrogens (tertiary/aromatic N) is 6. The van der Waals surface area contributed by atoms with E-state index in [4.69, 9.17) is 0 Å². The zero-order valence-corrected chi connectivity index (χ0v) is 17.6. The maximum Gasteiger partial charge on any atom is 0.276 e. The maximum atomic E-state index is 12.8. The van der Waals surface area contributed by atoms with E-state index in [1.165, 1.54) is 0 Å². The fourth-order valence-electron chi connectivity index (χ4n) is 3.50. The van der Waals surface area contributed by atoms with Crippen LogP contribution < -0.4 is 10.2 Å². The van der Waals surface area contributed by atoms with Gasteiger partial charge in [0.25, 0.3) is 5.91 Å². The van der Waals surface area contributed by atoms with Crippen LogP contribution in [0.15, 0.2) is 48.8 Å². The Hall–Kier alpha value is -3.68. The van der Waals surface area contributed by atoms with Gasteiger partial charge in [0.2, 0.25) is 0 Å². The summed E-state index contributed by atoms with van der Waals surface area (Å²) in [5.74, 6) is -0.273. The van der Waals surface area contributed by atoms with Crippen molar-refractivity contribution < 1.29 is 4.79 Å². The minimum absolute atomic E-state index is 0.273. The van der Waals surface area contributed by atoms with E-state index in [9.17, 15) is 4.79 Å². The van der Waals surface area contributed by atoms with Crippen LogP contribution in [0.25, 0.3) is 16.9 Å². The van der Waals surface area contributed by atoms with Crippen LogP contribution in [0.3, 0.4) is 0 Å². The summed E-state index contributed by atoms with van der Waals surface area (Å²) in [6.45, 7) is 8.12. The number of aromatic nitrogens is 5. The van der Waals surface area contributed by atoms with Crippen molar-refractivity contribution in [1.29, 1.82) is 0 Å². The van der Waals surface area contributed by atoms with Gasteiger partial charge in [-0.25, -0.2) is 9.50 Å². The van der Waals surface area contributed by atoms with Crippen LogP contribution in [0.5, 0.6) is 0 Å². The minimum Gasteiger partial charge on any atom is -0.372 e. The van der Waals surface area contributed by atoms with E-state index >= 15 is 0 Å². The van der Waals surface area contributed by atoms with Gasteiger partial charge in [0.1, 0.15) is 0 Å². The molecule has 0 bridgehead atoms. The number of rotatable bonds is 6. The molecule has 8 heteroatoms. The molecule has 3 aromatic heterocycles. The highest BCUT2D eigenvalue weighted by atomic mass is 16.1. The molecule has 0 unspecified atom stereocenters. The lowest BCUT2D eigenvalue weighted by Crippen LogP contribution is -2.21. The standard InChI is InChI=1S/C22H25N7O/c1-5-28(6-2)17-9-7-16(8-10-17)25-22(30)19-13-21-23-12-11-20(29(21)26-19)18-14-24-27(4)15(18)3/h7-14H,5-6H2,1-4H3,(H,25,30). The highest BCUT2D eigenvalue weighted by Gasteiger charge is 2.16. The lowest BCUT2D eigenvalue weighted by atomic mass is 10.2. The topological polar surface area (TPSA) is 80.4 Å². The van der Waals surface area contributed by atoms with Gasteiger partial charge < -0.3 is 10.2 Å². The number of amides is 1. The third-order valence-corrected chi connectivity index (χ3v) is 5.36. The Balaban J connectivity index is 1.60. The Morgan fingerprint density at radius 3 is 2.50 bits per heavy atom. The van der Waals surface area contributed by atoms with Crippen molar-refractivity contribution in [2.75, 3.05) is 23.3 Å². The molecule has 0 aliphatic rings. The largest absolute Gasteiger partial charge is 0.372 e. The van der Waals surface area contributed by atoms with Crippen molar-refractivity contribution in [1.82, 2.24) is 24.4 Å². The second-order valence-corrected chi connectivity index (χ2v) is 7.07. The van der Waals surface area contributed by atoms with Crippen LogP contribution in [0.1, 0.15) is 30.0 Å². The molecule has 1 aromatic carbocycles. The van der Waals surface area contributed by atoms with Gasteiger partial charge in [-0.3, -0.25) is 9.48 Å². The second kappa shape index (κ2) is 7.98. The number of nitrogens with one attached hydrogen (secondary N) is 1. The lowest BCUT2D eigenvalue weighted by molar-refractivity contribution is 0.102. The van der Waals surface area contributed by atoms with E-state index in [1.807, 2.05) is 44.3 Å². The van der Waals surface area contributed by atoms with Crippen molar-refractivity contribution in [2.24, 2.45) is 7.05 Å². The second-order valence-electron chi connectivity index (χ2n) is 7.07. The summed E-state index contributed by atoms with van der Waals surface area (Å²) in [6, 6.07) is 11.4. The molecule has 154 valence electrons. The van der Waals surface area contributed by atoms with Crippen molar-refractivity contribution in [3.8, 4) is 11.3 Å². The van der Waals surface area contributed by atoms with Crippen LogP contribution in [-0.2, 0) is 7.05 Å². The first-order valence-corrected chi connectivity index (χ1v) is 10.0. The van der Waals surface area contributed by atoms with E-state index in [0.717, 1.165) is 41.4 Å². The van der Waals surface area contributed by atoms with Crippen LogP contribution in [0, 0.1) is 6.92 Å². The Kier molecular flexibility index (Phi) is 5.22. The molecule has 1 N–H and O–H groups in total.